The third kappa shape index (κ3) is 3.56. The van der Waals surface area contributed by atoms with Crippen molar-refractivity contribution in [2.24, 2.45) is 5.92 Å². The smallest absolute Gasteiger partial charge is 0.120 e. The van der Waals surface area contributed by atoms with Gasteiger partial charge in [-0.25, -0.2) is 0 Å². The van der Waals surface area contributed by atoms with E-state index in [2.05, 4.69) is 54.7 Å². The Kier molecular flexibility index (Phi) is 4.76. The number of benzene rings is 2. The Hall–Kier alpha value is -1.54. The van der Waals surface area contributed by atoms with Crippen LogP contribution in [0.1, 0.15) is 32.6 Å². The lowest BCUT2D eigenvalue weighted by Gasteiger charge is -2.24. The number of unbranched alkanes of at least 4 members (excludes halogenated alkanes) is 1. The second-order valence-corrected chi connectivity index (χ2v) is 6.06. The summed E-state index contributed by atoms with van der Waals surface area (Å²) in [6.07, 6.45) is 5.23. The van der Waals surface area contributed by atoms with E-state index in [1.54, 1.807) is 0 Å². The van der Waals surface area contributed by atoms with Crippen molar-refractivity contribution in [1.82, 2.24) is 5.32 Å². The topological polar surface area (TPSA) is 21.3 Å². The molecule has 2 aromatic rings. The highest BCUT2D eigenvalue weighted by atomic mass is 16.5. The minimum absolute atomic E-state index is 0.348. The molecule has 2 unspecified atom stereocenters. The molecular weight excluding hydrogens is 258 g/mol. The zero-order valence-corrected chi connectivity index (χ0v) is 12.8. The van der Waals surface area contributed by atoms with Crippen LogP contribution in [-0.4, -0.2) is 19.2 Å². The van der Waals surface area contributed by atoms with Gasteiger partial charge in [-0.05, 0) is 42.3 Å². The van der Waals surface area contributed by atoms with E-state index in [0.717, 1.165) is 25.3 Å². The lowest BCUT2D eigenvalue weighted by atomic mass is 9.96. The average molecular weight is 283 g/mol. The maximum atomic E-state index is 6.37. The van der Waals surface area contributed by atoms with E-state index in [1.165, 1.54) is 30.0 Å². The lowest BCUT2D eigenvalue weighted by Crippen LogP contribution is -2.28. The molecule has 21 heavy (non-hydrogen) atoms. The number of hydrogen-bond donors (Lipinski definition) is 1. The molecule has 2 heteroatoms. The van der Waals surface area contributed by atoms with Gasteiger partial charge in [-0.2, -0.15) is 0 Å². The number of ether oxygens (including phenoxy) is 1. The fourth-order valence-corrected chi connectivity index (χ4v) is 3.21. The molecule has 1 aliphatic rings. The summed E-state index contributed by atoms with van der Waals surface area (Å²) < 4.78 is 6.37. The quantitative estimate of drug-likeness (QED) is 0.849. The Morgan fingerprint density at radius 2 is 2.05 bits per heavy atom. The second kappa shape index (κ2) is 6.95. The Morgan fingerprint density at radius 1 is 1.19 bits per heavy atom. The van der Waals surface area contributed by atoms with Crippen LogP contribution >= 0.6 is 0 Å². The highest BCUT2D eigenvalue weighted by Crippen LogP contribution is 2.26. The molecular formula is C19H25NO. The van der Waals surface area contributed by atoms with Crippen molar-refractivity contribution in [2.45, 2.75) is 38.7 Å². The van der Waals surface area contributed by atoms with Crippen molar-refractivity contribution < 1.29 is 4.74 Å². The van der Waals surface area contributed by atoms with Gasteiger partial charge in [-0.3, -0.25) is 0 Å². The highest BCUT2D eigenvalue weighted by molar-refractivity contribution is 5.83. The molecule has 1 heterocycles. The summed E-state index contributed by atoms with van der Waals surface area (Å²) >= 11 is 0. The fraction of sp³-hybridized carbons (Fsp3) is 0.474. The largest absolute Gasteiger partial charge is 0.490 e. The van der Waals surface area contributed by atoms with Gasteiger partial charge in [0.1, 0.15) is 11.9 Å². The van der Waals surface area contributed by atoms with Crippen LogP contribution in [0.25, 0.3) is 10.8 Å². The maximum Gasteiger partial charge on any atom is 0.120 e. The summed E-state index contributed by atoms with van der Waals surface area (Å²) in [4.78, 5) is 0. The molecule has 0 radical (unpaired) electrons. The van der Waals surface area contributed by atoms with Gasteiger partial charge in [-0.15, -0.1) is 0 Å². The number of rotatable bonds is 6. The minimum atomic E-state index is 0.348. The average Bonchev–Trinajstić information content (AvgIpc) is 3.05. The monoisotopic (exact) mass is 283 g/mol. The van der Waals surface area contributed by atoms with Crippen LogP contribution in [0.4, 0.5) is 0 Å². The molecule has 1 fully saturated rings. The molecule has 0 saturated carbocycles. The summed E-state index contributed by atoms with van der Waals surface area (Å²) in [5, 5.41) is 6.00. The summed E-state index contributed by atoms with van der Waals surface area (Å²) in [6.45, 7) is 4.48. The van der Waals surface area contributed by atoms with Gasteiger partial charge in [0.05, 0.1) is 0 Å². The Bertz CT molecular complexity index is 575. The first-order chi connectivity index (χ1) is 10.4. The summed E-state index contributed by atoms with van der Waals surface area (Å²) in [7, 11) is 0. The van der Waals surface area contributed by atoms with E-state index >= 15 is 0 Å². The van der Waals surface area contributed by atoms with E-state index in [9.17, 15) is 0 Å². The molecule has 0 spiro atoms. The van der Waals surface area contributed by atoms with Crippen molar-refractivity contribution in [3.63, 3.8) is 0 Å². The van der Waals surface area contributed by atoms with Crippen molar-refractivity contribution >= 4 is 10.8 Å². The van der Waals surface area contributed by atoms with Crippen molar-refractivity contribution in [1.29, 1.82) is 0 Å². The first kappa shape index (κ1) is 14.4. The zero-order chi connectivity index (χ0) is 14.5. The standard InChI is InChI=1S/C19H25NO/c1-2-3-8-19(17-11-12-20-14-17)21-18-10-9-15-6-4-5-7-16(15)13-18/h4-7,9-10,13,17,19-20H,2-3,8,11-12,14H2,1H3. The summed E-state index contributed by atoms with van der Waals surface area (Å²) in [6, 6.07) is 14.9. The number of hydrogen-bond acceptors (Lipinski definition) is 2. The van der Waals surface area contributed by atoms with Gasteiger partial charge in [-0.1, -0.05) is 50.1 Å². The lowest BCUT2D eigenvalue weighted by molar-refractivity contribution is 0.131. The molecule has 2 atom stereocenters. The fourth-order valence-electron chi connectivity index (χ4n) is 3.21. The zero-order valence-electron chi connectivity index (χ0n) is 12.8. The molecule has 1 N–H and O–H groups in total. The van der Waals surface area contributed by atoms with E-state index in [4.69, 9.17) is 4.74 Å². The molecule has 0 amide bonds. The third-order valence-electron chi connectivity index (χ3n) is 4.47. The molecule has 2 aromatic carbocycles. The third-order valence-corrected chi connectivity index (χ3v) is 4.47. The van der Waals surface area contributed by atoms with Crippen LogP contribution in [0.3, 0.4) is 0 Å². The molecule has 1 aliphatic heterocycles. The Morgan fingerprint density at radius 3 is 2.81 bits per heavy atom. The SMILES string of the molecule is CCCCC(Oc1ccc2ccccc2c1)C1CCNC1. The van der Waals surface area contributed by atoms with Gasteiger partial charge in [0.2, 0.25) is 0 Å². The van der Waals surface area contributed by atoms with E-state index in [0.29, 0.717) is 12.0 Å². The molecule has 0 bridgehead atoms. The summed E-state index contributed by atoms with van der Waals surface area (Å²) in [5.41, 5.74) is 0. The Labute approximate surface area is 127 Å². The van der Waals surface area contributed by atoms with Gasteiger partial charge >= 0.3 is 0 Å². The second-order valence-electron chi connectivity index (χ2n) is 6.06. The molecule has 2 nitrogen and oxygen atoms in total. The van der Waals surface area contributed by atoms with Gasteiger partial charge < -0.3 is 10.1 Å². The van der Waals surface area contributed by atoms with Crippen LogP contribution in [-0.2, 0) is 0 Å². The van der Waals surface area contributed by atoms with Crippen LogP contribution in [0.5, 0.6) is 5.75 Å². The molecule has 1 saturated heterocycles. The van der Waals surface area contributed by atoms with Crippen LogP contribution in [0.2, 0.25) is 0 Å². The van der Waals surface area contributed by atoms with Gasteiger partial charge in [0.15, 0.2) is 0 Å². The van der Waals surface area contributed by atoms with Crippen molar-refractivity contribution in [3.8, 4) is 5.75 Å². The molecule has 3 rings (SSSR count). The van der Waals surface area contributed by atoms with E-state index in [1.807, 2.05) is 0 Å². The number of fused-ring (bicyclic) bond motifs is 1. The first-order valence-electron chi connectivity index (χ1n) is 8.23. The molecule has 0 aliphatic carbocycles. The Balaban J connectivity index is 1.75. The number of nitrogens with one attached hydrogen (secondary N) is 1. The predicted molar refractivity (Wildman–Crippen MR) is 88.9 cm³/mol. The van der Waals surface area contributed by atoms with Crippen LogP contribution in [0, 0.1) is 5.92 Å². The van der Waals surface area contributed by atoms with Crippen molar-refractivity contribution in [2.75, 3.05) is 13.1 Å². The van der Waals surface area contributed by atoms with Gasteiger partial charge in [0.25, 0.3) is 0 Å². The van der Waals surface area contributed by atoms with Crippen LogP contribution in [0.15, 0.2) is 42.5 Å². The first-order valence-corrected chi connectivity index (χ1v) is 8.23. The van der Waals surface area contributed by atoms with E-state index < -0.39 is 0 Å². The molecule has 0 aromatic heterocycles. The molecule has 112 valence electrons. The highest BCUT2D eigenvalue weighted by Gasteiger charge is 2.26. The van der Waals surface area contributed by atoms with Crippen molar-refractivity contribution in [3.05, 3.63) is 42.5 Å². The van der Waals surface area contributed by atoms with Gasteiger partial charge in [0, 0.05) is 12.5 Å². The normalized spacial score (nSPS) is 19.8. The maximum absolute atomic E-state index is 6.37. The summed E-state index contributed by atoms with van der Waals surface area (Å²) in [5.74, 6) is 1.67. The predicted octanol–water partition coefficient (Wildman–Crippen LogP) is 4.39. The van der Waals surface area contributed by atoms with Crippen LogP contribution < -0.4 is 10.1 Å². The minimum Gasteiger partial charge on any atom is -0.490 e. The van der Waals surface area contributed by atoms with E-state index in [-0.39, 0.29) is 0 Å².